The molecule has 1 saturated carbocycles. The fourth-order valence-electron chi connectivity index (χ4n) is 3.71. The number of benzene rings is 1. The number of nitro benzene ring substituents is 1. The molecule has 0 saturated heterocycles. The molecule has 1 aliphatic rings. The highest BCUT2D eigenvalue weighted by Gasteiger charge is 2.34. The molecule has 2 N–H and O–H groups in total. The SMILES string of the molecule is CCN(C(C)c1ccccc1[N+](=O)[O-])C1CCCC1CN. The lowest BCUT2D eigenvalue weighted by molar-refractivity contribution is -0.386. The van der Waals surface area contributed by atoms with E-state index >= 15 is 0 Å². The molecule has 21 heavy (non-hydrogen) atoms. The third-order valence-electron chi connectivity index (χ3n) is 4.79. The molecule has 1 aromatic rings. The van der Waals surface area contributed by atoms with Crippen molar-refractivity contribution in [1.29, 1.82) is 0 Å². The lowest BCUT2D eigenvalue weighted by Crippen LogP contribution is -2.41. The van der Waals surface area contributed by atoms with Crippen molar-refractivity contribution < 1.29 is 4.92 Å². The summed E-state index contributed by atoms with van der Waals surface area (Å²) >= 11 is 0. The first-order valence-electron chi connectivity index (χ1n) is 7.79. The van der Waals surface area contributed by atoms with Gasteiger partial charge in [0, 0.05) is 23.7 Å². The van der Waals surface area contributed by atoms with Crippen LogP contribution in [0.1, 0.15) is 44.7 Å². The molecule has 0 aliphatic heterocycles. The zero-order valence-electron chi connectivity index (χ0n) is 12.9. The van der Waals surface area contributed by atoms with Crippen LogP contribution >= 0.6 is 0 Å². The van der Waals surface area contributed by atoms with Crippen LogP contribution in [0.15, 0.2) is 24.3 Å². The number of hydrogen-bond acceptors (Lipinski definition) is 4. The largest absolute Gasteiger partial charge is 0.330 e. The van der Waals surface area contributed by atoms with Crippen molar-refractivity contribution in [3.63, 3.8) is 0 Å². The van der Waals surface area contributed by atoms with Crippen LogP contribution in [0.3, 0.4) is 0 Å². The first-order chi connectivity index (χ1) is 10.1. The smallest absolute Gasteiger partial charge is 0.274 e. The summed E-state index contributed by atoms with van der Waals surface area (Å²) in [7, 11) is 0. The third-order valence-corrected chi connectivity index (χ3v) is 4.79. The molecule has 0 heterocycles. The highest BCUT2D eigenvalue weighted by molar-refractivity contribution is 5.41. The molecule has 5 heteroatoms. The Morgan fingerprint density at radius 1 is 1.43 bits per heavy atom. The summed E-state index contributed by atoms with van der Waals surface area (Å²) in [5.74, 6) is 0.509. The van der Waals surface area contributed by atoms with Crippen LogP contribution in [0.4, 0.5) is 5.69 Å². The lowest BCUT2D eigenvalue weighted by atomic mass is 9.97. The molecule has 1 fully saturated rings. The maximum absolute atomic E-state index is 11.2. The highest BCUT2D eigenvalue weighted by atomic mass is 16.6. The Hall–Kier alpha value is -1.46. The van der Waals surface area contributed by atoms with Gasteiger partial charge in [0.25, 0.3) is 5.69 Å². The Morgan fingerprint density at radius 3 is 2.76 bits per heavy atom. The first kappa shape index (κ1) is 15.9. The molecule has 0 aromatic heterocycles. The summed E-state index contributed by atoms with van der Waals surface area (Å²) in [5, 5.41) is 11.2. The monoisotopic (exact) mass is 291 g/mol. The van der Waals surface area contributed by atoms with Gasteiger partial charge >= 0.3 is 0 Å². The number of para-hydroxylation sites is 1. The van der Waals surface area contributed by atoms with Gasteiger partial charge in [-0.05, 0) is 38.8 Å². The van der Waals surface area contributed by atoms with E-state index < -0.39 is 0 Å². The van der Waals surface area contributed by atoms with E-state index in [1.54, 1.807) is 12.1 Å². The van der Waals surface area contributed by atoms with Crippen LogP contribution in [0.5, 0.6) is 0 Å². The molecule has 0 bridgehead atoms. The molecule has 0 spiro atoms. The van der Waals surface area contributed by atoms with Gasteiger partial charge in [-0.2, -0.15) is 0 Å². The molecule has 0 amide bonds. The third kappa shape index (κ3) is 3.24. The molecule has 0 radical (unpaired) electrons. The van der Waals surface area contributed by atoms with Crippen molar-refractivity contribution in [3.8, 4) is 0 Å². The maximum atomic E-state index is 11.2. The quantitative estimate of drug-likeness (QED) is 0.645. The maximum Gasteiger partial charge on any atom is 0.274 e. The first-order valence-corrected chi connectivity index (χ1v) is 7.79. The summed E-state index contributed by atoms with van der Waals surface area (Å²) < 4.78 is 0. The van der Waals surface area contributed by atoms with Gasteiger partial charge in [0.15, 0.2) is 0 Å². The van der Waals surface area contributed by atoms with Gasteiger partial charge in [-0.15, -0.1) is 0 Å². The number of nitro groups is 1. The average Bonchev–Trinajstić information content (AvgIpc) is 2.96. The zero-order chi connectivity index (χ0) is 15.4. The minimum absolute atomic E-state index is 0.0359. The van der Waals surface area contributed by atoms with Crippen molar-refractivity contribution in [3.05, 3.63) is 39.9 Å². The second-order valence-electron chi connectivity index (χ2n) is 5.82. The molecular weight excluding hydrogens is 266 g/mol. The summed E-state index contributed by atoms with van der Waals surface area (Å²) in [5.41, 5.74) is 6.91. The van der Waals surface area contributed by atoms with Crippen molar-refractivity contribution in [2.45, 2.75) is 45.2 Å². The van der Waals surface area contributed by atoms with Gasteiger partial charge in [-0.3, -0.25) is 15.0 Å². The highest BCUT2D eigenvalue weighted by Crippen LogP contribution is 2.36. The number of rotatable bonds is 6. The minimum Gasteiger partial charge on any atom is -0.330 e. The Kier molecular flexibility index (Phi) is 5.31. The van der Waals surface area contributed by atoms with E-state index in [4.69, 9.17) is 5.73 Å². The summed E-state index contributed by atoms with van der Waals surface area (Å²) in [6, 6.07) is 7.54. The molecule has 3 atom stereocenters. The number of hydrogen-bond donors (Lipinski definition) is 1. The Morgan fingerprint density at radius 2 is 2.14 bits per heavy atom. The van der Waals surface area contributed by atoms with E-state index in [0.717, 1.165) is 18.5 Å². The van der Waals surface area contributed by atoms with Gasteiger partial charge in [0.1, 0.15) is 0 Å². The Bertz CT molecular complexity index is 492. The van der Waals surface area contributed by atoms with Crippen molar-refractivity contribution in [1.82, 2.24) is 4.90 Å². The van der Waals surface area contributed by atoms with Crippen LogP contribution in [0.25, 0.3) is 0 Å². The Labute approximate surface area is 126 Å². The number of nitrogens with zero attached hydrogens (tertiary/aromatic N) is 2. The van der Waals surface area contributed by atoms with E-state index in [9.17, 15) is 10.1 Å². The lowest BCUT2D eigenvalue weighted by Gasteiger charge is -2.36. The molecular formula is C16H25N3O2. The predicted octanol–water partition coefficient (Wildman–Crippen LogP) is 3.11. The Balaban J connectivity index is 2.28. The van der Waals surface area contributed by atoms with Gasteiger partial charge in [0.05, 0.1) is 4.92 Å². The normalized spacial score (nSPS) is 23.4. The fourth-order valence-corrected chi connectivity index (χ4v) is 3.71. The van der Waals surface area contributed by atoms with Crippen LogP contribution in [0.2, 0.25) is 0 Å². The molecule has 116 valence electrons. The standard InChI is InChI=1S/C16H25N3O2/c1-3-18(15-10-6-7-13(15)11-17)12(2)14-8-4-5-9-16(14)19(20)21/h4-5,8-9,12-13,15H,3,6-7,10-11,17H2,1-2H3. The predicted molar refractivity (Wildman–Crippen MR) is 84.1 cm³/mol. The second kappa shape index (κ2) is 7.00. The molecule has 1 aliphatic carbocycles. The summed E-state index contributed by atoms with van der Waals surface area (Å²) in [4.78, 5) is 13.3. The summed E-state index contributed by atoms with van der Waals surface area (Å²) in [6.45, 7) is 5.77. The van der Waals surface area contributed by atoms with E-state index in [1.807, 2.05) is 12.1 Å². The van der Waals surface area contributed by atoms with Gasteiger partial charge in [0.2, 0.25) is 0 Å². The van der Waals surface area contributed by atoms with Gasteiger partial charge in [-0.25, -0.2) is 0 Å². The zero-order valence-corrected chi connectivity index (χ0v) is 12.9. The fraction of sp³-hybridized carbons (Fsp3) is 0.625. The number of nitrogens with two attached hydrogens (primary N) is 1. The van der Waals surface area contributed by atoms with Crippen molar-refractivity contribution >= 4 is 5.69 Å². The van der Waals surface area contributed by atoms with Crippen molar-refractivity contribution in [2.75, 3.05) is 13.1 Å². The van der Waals surface area contributed by atoms with E-state index in [2.05, 4.69) is 18.7 Å². The van der Waals surface area contributed by atoms with Crippen LogP contribution < -0.4 is 5.73 Å². The average molecular weight is 291 g/mol. The molecule has 3 unspecified atom stereocenters. The molecule has 5 nitrogen and oxygen atoms in total. The van der Waals surface area contributed by atoms with Gasteiger partial charge in [-0.1, -0.05) is 31.5 Å². The van der Waals surface area contributed by atoms with Gasteiger partial charge < -0.3 is 5.73 Å². The van der Waals surface area contributed by atoms with E-state index in [1.165, 1.54) is 12.8 Å². The second-order valence-corrected chi connectivity index (χ2v) is 5.82. The van der Waals surface area contributed by atoms with Crippen LogP contribution in [-0.4, -0.2) is 29.0 Å². The van der Waals surface area contributed by atoms with Crippen LogP contribution in [0, 0.1) is 16.0 Å². The molecule has 1 aromatic carbocycles. The topological polar surface area (TPSA) is 72.4 Å². The molecule has 2 rings (SSSR count). The minimum atomic E-state index is -0.283. The van der Waals surface area contributed by atoms with Crippen molar-refractivity contribution in [2.24, 2.45) is 11.7 Å². The van der Waals surface area contributed by atoms with E-state index in [0.29, 0.717) is 18.5 Å². The summed E-state index contributed by atoms with van der Waals surface area (Å²) in [6.07, 6.45) is 3.51. The van der Waals surface area contributed by atoms with E-state index in [-0.39, 0.29) is 16.7 Å². The van der Waals surface area contributed by atoms with Crippen LogP contribution in [-0.2, 0) is 0 Å².